The number of nitrogens with zero attached hydrogens (tertiary/aromatic N) is 1. The van der Waals surface area contributed by atoms with Gasteiger partial charge in [-0.3, -0.25) is 4.90 Å². The Morgan fingerprint density at radius 1 is 0.783 bits per heavy atom. The zero-order valence-corrected chi connectivity index (χ0v) is 13.8. The van der Waals surface area contributed by atoms with E-state index in [9.17, 15) is 10.2 Å². The van der Waals surface area contributed by atoms with Gasteiger partial charge in [-0.2, -0.15) is 0 Å². The van der Waals surface area contributed by atoms with E-state index >= 15 is 0 Å². The fraction of sp³-hybridized carbons (Fsp3) is 0.294. The Morgan fingerprint density at radius 3 is 1.57 bits per heavy atom. The summed E-state index contributed by atoms with van der Waals surface area (Å²) < 4.78 is 11.0. The number of benzene rings is 2. The molecule has 0 atom stereocenters. The molecule has 2 aromatic carbocycles. The summed E-state index contributed by atoms with van der Waals surface area (Å²) in [6.07, 6.45) is 0. The van der Waals surface area contributed by atoms with Crippen LogP contribution in [0.2, 0.25) is 0 Å². The maximum atomic E-state index is 9.59. The Morgan fingerprint density at radius 2 is 1.17 bits per heavy atom. The zero-order chi connectivity index (χ0) is 15.8. The number of hydrogen-bond donors (Lipinski definition) is 2. The van der Waals surface area contributed by atoms with Crippen LogP contribution in [0.15, 0.2) is 48.5 Å². The van der Waals surface area contributed by atoms with Crippen LogP contribution in [0.1, 0.15) is 0 Å². The van der Waals surface area contributed by atoms with Crippen LogP contribution in [0.4, 0.5) is 0 Å². The lowest BCUT2D eigenvalue weighted by molar-refractivity contribution is 0.197. The third kappa shape index (κ3) is 6.26. The van der Waals surface area contributed by atoms with E-state index in [1.165, 1.54) is 0 Å². The van der Waals surface area contributed by atoms with Gasteiger partial charge in [0.1, 0.15) is 13.2 Å². The lowest BCUT2D eigenvalue weighted by atomic mass is 10.3. The number of aromatic hydroxyl groups is 2. The van der Waals surface area contributed by atoms with Crippen molar-refractivity contribution in [2.24, 2.45) is 0 Å². The second-order valence-corrected chi connectivity index (χ2v) is 4.94. The Hall–Kier alpha value is -2.11. The largest absolute Gasteiger partial charge is 0.504 e. The van der Waals surface area contributed by atoms with Crippen LogP contribution >= 0.6 is 12.4 Å². The van der Waals surface area contributed by atoms with Crippen LogP contribution in [0.25, 0.3) is 0 Å². The average molecular weight is 340 g/mol. The molecule has 6 heteroatoms. The molecule has 0 amide bonds. The van der Waals surface area contributed by atoms with Crippen molar-refractivity contribution in [3.05, 3.63) is 48.5 Å². The molecule has 23 heavy (non-hydrogen) atoms. The third-order valence-corrected chi connectivity index (χ3v) is 3.19. The first kappa shape index (κ1) is 18.9. The molecule has 0 heterocycles. The molecule has 2 rings (SSSR count). The number of halogens is 1. The molecule has 0 saturated heterocycles. The van der Waals surface area contributed by atoms with Crippen molar-refractivity contribution < 1.29 is 19.7 Å². The quantitative estimate of drug-likeness (QED) is 0.774. The predicted octanol–water partition coefficient (Wildman–Crippen LogP) is 2.91. The third-order valence-electron chi connectivity index (χ3n) is 3.19. The Bertz CT molecular complexity index is 543. The normalized spacial score (nSPS) is 10.2. The molecule has 0 radical (unpaired) electrons. The van der Waals surface area contributed by atoms with Crippen molar-refractivity contribution in [3.8, 4) is 23.0 Å². The number of rotatable bonds is 8. The highest BCUT2D eigenvalue weighted by Crippen LogP contribution is 2.24. The number of para-hydroxylation sites is 4. The summed E-state index contributed by atoms with van der Waals surface area (Å²) in [6.45, 7) is 2.37. The molecule has 0 spiro atoms. The second-order valence-electron chi connectivity index (χ2n) is 4.94. The summed E-state index contributed by atoms with van der Waals surface area (Å²) in [5, 5.41) is 19.2. The first-order valence-electron chi connectivity index (χ1n) is 7.17. The second kappa shape index (κ2) is 9.82. The van der Waals surface area contributed by atoms with E-state index < -0.39 is 0 Å². The van der Waals surface area contributed by atoms with Crippen molar-refractivity contribution in [2.45, 2.75) is 0 Å². The van der Waals surface area contributed by atoms with Gasteiger partial charge in [0.15, 0.2) is 23.0 Å². The SMILES string of the molecule is CN(CCOc1ccccc1O)CCOc1ccccc1O.Cl. The molecule has 0 aliphatic carbocycles. The van der Waals surface area contributed by atoms with Crippen LogP contribution in [-0.2, 0) is 0 Å². The minimum Gasteiger partial charge on any atom is -0.504 e. The maximum Gasteiger partial charge on any atom is 0.160 e. The fourth-order valence-corrected chi connectivity index (χ4v) is 1.89. The van der Waals surface area contributed by atoms with Gasteiger partial charge in [-0.25, -0.2) is 0 Å². The van der Waals surface area contributed by atoms with Gasteiger partial charge in [0, 0.05) is 13.1 Å². The molecule has 126 valence electrons. The number of hydrogen-bond acceptors (Lipinski definition) is 5. The summed E-state index contributed by atoms with van der Waals surface area (Å²) in [4.78, 5) is 2.06. The van der Waals surface area contributed by atoms with Gasteiger partial charge in [-0.1, -0.05) is 24.3 Å². The molecular formula is C17H22ClNO4. The average Bonchev–Trinajstić information content (AvgIpc) is 2.51. The molecule has 5 nitrogen and oxygen atoms in total. The first-order chi connectivity index (χ1) is 10.7. The van der Waals surface area contributed by atoms with Crippen molar-refractivity contribution in [2.75, 3.05) is 33.4 Å². The summed E-state index contributed by atoms with van der Waals surface area (Å²) >= 11 is 0. The summed E-state index contributed by atoms with van der Waals surface area (Å²) in [7, 11) is 1.96. The van der Waals surface area contributed by atoms with Crippen molar-refractivity contribution in [1.29, 1.82) is 0 Å². The van der Waals surface area contributed by atoms with Gasteiger partial charge < -0.3 is 19.7 Å². The van der Waals surface area contributed by atoms with Crippen LogP contribution in [0.3, 0.4) is 0 Å². The molecular weight excluding hydrogens is 318 g/mol. The van der Waals surface area contributed by atoms with Crippen molar-refractivity contribution in [3.63, 3.8) is 0 Å². The summed E-state index contributed by atoms with van der Waals surface area (Å²) in [5.74, 6) is 1.27. The lowest BCUT2D eigenvalue weighted by Crippen LogP contribution is -2.28. The van der Waals surface area contributed by atoms with Gasteiger partial charge >= 0.3 is 0 Å². The summed E-state index contributed by atoms with van der Waals surface area (Å²) in [5.41, 5.74) is 0. The first-order valence-corrected chi connectivity index (χ1v) is 7.17. The van der Waals surface area contributed by atoms with E-state index in [2.05, 4.69) is 4.90 Å². The molecule has 0 aliphatic heterocycles. The molecule has 0 fully saturated rings. The molecule has 0 bridgehead atoms. The maximum absolute atomic E-state index is 9.59. The van der Waals surface area contributed by atoms with E-state index in [-0.39, 0.29) is 23.9 Å². The Balaban J connectivity index is 0.00000264. The highest BCUT2D eigenvalue weighted by Gasteiger charge is 2.04. The topological polar surface area (TPSA) is 62.2 Å². The van der Waals surface area contributed by atoms with Crippen LogP contribution in [0, 0.1) is 0 Å². The lowest BCUT2D eigenvalue weighted by Gasteiger charge is -2.17. The number of phenolic OH excluding ortho intramolecular Hbond substituents is 2. The summed E-state index contributed by atoms with van der Waals surface area (Å²) in [6, 6.07) is 13.8. The van der Waals surface area contributed by atoms with Crippen molar-refractivity contribution >= 4 is 12.4 Å². The monoisotopic (exact) mass is 339 g/mol. The minimum absolute atomic E-state index is 0. The zero-order valence-electron chi connectivity index (χ0n) is 13.0. The van der Waals surface area contributed by atoms with Crippen molar-refractivity contribution in [1.82, 2.24) is 4.90 Å². The van der Waals surface area contributed by atoms with Gasteiger partial charge in [0.05, 0.1) is 0 Å². The molecule has 2 aromatic rings. The van der Waals surface area contributed by atoms with E-state index in [0.29, 0.717) is 37.8 Å². The van der Waals surface area contributed by atoms with Crippen LogP contribution < -0.4 is 9.47 Å². The van der Waals surface area contributed by atoms with Crippen LogP contribution in [-0.4, -0.2) is 48.5 Å². The van der Waals surface area contributed by atoms with Crippen LogP contribution in [0.5, 0.6) is 23.0 Å². The van der Waals surface area contributed by atoms with E-state index in [1.807, 2.05) is 19.2 Å². The smallest absolute Gasteiger partial charge is 0.160 e. The van der Waals surface area contributed by atoms with E-state index in [4.69, 9.17) is 9.47 Å². The highest BCUT2D eigenvalue weighted by molar-refractivity contribution is 5.85. The van der Waals surface area contributed by atoms with Gasteiger partial charge in [-0.15, -0.1) is 12.4 Å². The van der Waals surface area contributed by atoms with E-state index in [0.717, 1.165) is 0 Å². The molecule has 0 aliphatic rings. The van der Waals surface area contributed by atoms with Gasteiger partial charge in [0.25, 0.3) is 0 Å². The Kier molecular flexibility index (Phi) is 8.08. The standard InChI is InChI=1S/C17H21NO4.ClH/c1-18(10-12-21-16-8-4-2-6-14(16)19)11-13-22-17-9-5-3-7-15(17)20;/h2-9,19-20H,10-13H2,1H3;1H. The molecule has 2 N–H and O–H groups in total. The van der Waals surface area contributed by atoms with Gasteiger partial charge in [-0.05, 0) is 31.3 Å². The number of phenols is 2. The number of likely N-dealkylation sites (N-methyl/N-ethyl adjacent to an activating group) is 1. The number of ether oxygens (including phenoxy) is 2. The molecule has 0 saturated carbocycles. The van der Waals surface area contributed by atoms with Gasteiger partial charge in [0.2, 0.25) is 0 Å². The fourth-order valence-electron chi connectivity index (χ4n) is 1.89. The molecule has 0 aromatic heterocycles. The van der Waals surface area contributed by atoms with E-state index in [1.54, 1.807) is 36.4 Å². The highest BCUT2D eigenvalue weighted by atomic mass is 35.5. The predicted molar refractivity (Wildman–Crippen MR) is 91.9 cm³/mol. The molecule has 0 unspecified atom stereocenters. The minimum atomic E-state index is 0. The Labute approximate surface area is 142 Å².